The largest absolute Gasteiger partial charge is 0.481 e. The molecule has 96 valence electrons. The summed E-state index contributed by atoms with van der Waals surface area (Å²) in [5.74, 6) is -0.281. The summed E-state index contributed by atoms with van der Waals surface area (Å²) in [4.78, 5) is 22.3. The van der Waals surface area contributed by atoms with Gasteiger partial charge in [0.2, 0.25) is 5.91 Å². The summed E-state index contributed by atoms with van der Waals surface area (Å²) < 4.78 is 0. The fourth-order valence-corrected chi connectivity index (χ4v) is 2.06. The Kier molecular flexibility index (Phi) is 4.69. The van der Waals surface area contributed by atoms with E-state index in [1.807, 2.05) is 13.1 Å². The quantitative estimate of drug-likeness (QED) is 0.717. The maximum absolute atomic E-state index is 11.3. The number of aliphatic hydroxyl groups is 1. The molecule has 2 rings (SSSR count). The maximum Gasteiger partial charge on any atom is 0.303 e. The Hall–Kier alpha value is -1.36. The molecule has 5 nitrogen and oxygen atoms in total. The van der Waals surface area contributed by atoms with Crippen molar-refractivity contribution in [3.05, 3.63) is 11.8 Å². The summed E-state index contributed by atoms with van der Waals surface area (Å²) in [7, 11) is 1.81. The number of fused-ring (bicyclic) bond motifs is 1. The third-order valence-electron chi connectivity index (χ3n) is 3.06. The van der Waals surface area contributed by atoms with Crippen molar-refractivity contribution in [2.75, 3.05) is 7.05 Å². The van der Waals surface area contributed by atoms with Gasteiger partial charge >= 0.3 is 5.97 Å². The van der Waals surface area contributed by atoms with E-state index in [9.17, 15) is 14.7 Å². The van der Waals surface area contributed by atoms with Crippen LogP contribution in [0.5, 0.6) is 0 Å². The lowest BCUT2D eigenvalue weighted by Crippen LogP contribution is -2.22. The topological polar surface area (TPSA) is 77.8 Å². The highest BCUT2D eigenvalue weighted by Gasteiger charge is 2.35. The van der Waals surface area contributed by atoms with Gasteiger partial charge in [-0.2, -0.15) is 0 Å². The Bertz CT molecular complexity index is 337. The minimum absolute atomic E-state index is 0.181. The Balaban J connectivity index is 0.000000249. The van der Waals surface area contributed by atoms with Gasteiger partial charge in [-0.25, -0.2) is 0 Å². The molecule has 1 saturated heterocycles. The molecule has 1 aliphatic carbocycles. The minimum atomic E-state index is -0.745. The molecule has 2 aliphatic rings. The molecule has 0 aromatic rings. The molecular formula is C12H19NO4. The van der Waals surface area contributed by atoms with Crippen LogP contribution in [0, 0.1) is 5.92 Å². The first-order chi connectivity index (χ1) is 7.95. The molecular weight excluding hydrogens is 222 g/mol. The van der Waals surface area contributed by atoms with Crippen molar-refractivity contribution in [3.8, 4) is 0 Å². The van der Waals surface area contributed by atoms with Crippen molar-refractivity contribution in [2.24, 2.45) is 5.92 Å². The van der Waals surface area contributed by atoms with Crippen LogP contribution in [-0.2, 0) is 9.59 Å². The SMILES string of the molecule is CCC(=O)O.CN1C(=O)CC2CC(O)CC=C21. The van der Waals surface area contributed by atoms with Crippen molar-refractivity contribution in [2.45, 2.75) is 38.7 Å². The smallest absolute Gasteiger partial charge is 0.303 e. The number of aliphatic hydroxyl groups excluding tert-OH is 1. The van der Waals surface area contributed by atoms with Crippen LogP contribution in [0.4, 0.5) is 0 Å². The highest BCUT2D eigenvalue weighted by atomic mass is 16.4. The number of carboxylic acid groups (broad SMARTS) is 1. The van der Waals surface area contributed by atoms with Crippen LogP contribution in [0.15, 0.2) is 11.8 Å². The van der Waals surface area contributed by atoms with E-state index < -0.39 is 5.97 Å². The summed E-state index contributed by atoms with van der Waals surface area (Å²) in [6, 6.07) is 0. The first-order valence-electron chi connectivity index (χ1n) is 5.82. The van der Waals surface area contributed by atoms with Crippen LogP contribution in [-0.4, -0.2) is 40.1 Å². The normalized spacial score (nSPS) is 26.9. The molecule has 0 aromatic carbocycles. The molecule has 5 heteroatoms. The molecule has 0 aromatic heterocycles. The van der Waals surface area contributed by atoms with E-state index in [1.165, 1.54) is 0 Å². The first kappa shape index (κ1) is 13.7. The maximum atomic E-state index is 11.3. The molecule has 2 atom stereocenters. The lowest BCUT2D eigenvalue weighted by Gasteiger charge is -2.23. The average Bonchev–Trinajstić information content (AvgIpc) is 2.55. The van der Waals surface area contributed by atoms with E-state index in [0.29, 0.717) is 12.8 Å². The third-order valence-corrected chi connectivity index (χ3v) is 3.06. The van der Waals surface area contributed by atoms with Crippen LogP contribution in [0.1, 0.15) is 32.6 Å². The van der Waals surface area contributed by atoms with Crippen molar-refractivity contribution < 1.29 is 19.8 Å². The minimum Gasteiger partial charge on any atom is -0.481 e. The molecule has 2 N–H and O–H groups in total. The zero-order valence-electron chi connectivity index (χ0n) is 10.2. The third kappa shape index (κ3) is 3.56. The Morgan fingerprint density at radius 1 is 1.59 bits per heavy atom. The standard InChI is InChI=1S/C9H13NO2.C3H6O2/c1-10-8-3-2-7(11)4-6(8)5-9(10)12;1-2-3(4)5/h3,6-7,11H,2,4-5H2,1H3;2H2,1H3,(H,4,5). The highest BCUT2D eigenvalue weighted by Crippen LogP contribution is 2.35. The van der Waals surface area contributed by atoms with Gasteiger partial charge in [-0.15, -0.1) is 0 Å². The first-order valence-corrected chi connectivity index (χ1v) is 5.82. The van der Waals surface area contributed by atoms with Gasteiger partial charge in [-0.05, 0) is 12.8 Å². The summed E-state index contributed by atoms with van der Waals surface area (Å²) >= 11 is 0. The second-order valence-corrected chi connectivity index (χ2v) is 4.36. The molecule has 0 spiro atoms. The van der Waals surface area contributed by atoms with Gasteiger partial charge < -0.3 is 15.1 Å². The van der Waals surface area contributed by atoms with Gasteiger partial charge in [-0.3, -0.25) is 9.59 Å². The van der Waals surface area contributed by atoms with Gasteiger partial charge in [0.1, 0.15) is 0 Å². The Morgan fingerprint density at radius 3 is 2.71 bits per heavy atom. The zero-order valence-corrected chi connectivity index (χ0v) is 10.2. The number of likely N-dealkylation sites (tertiary alicyclic amines) is 1. The summed E-state index contributed by atoms with van der Waals surface area (Å²) in [6.07, 6.45) is 4.01. The predicted octanol–water partition coefficient (Wildman–Crippen LogP) is 0.984. The van der Waals surface area contributed by atoms with Crippen LogP contribution < -0.4 is 0 Å². The van der Waals surface area contributed by atoms with Crippen LogP contribution in [0.25, 0.3) is 0 Å². The summed E-state index contributed by atoms with van der Waals surface area (Å²) in [5, 5.41) is 17.1. The van der Waals surface area contributed by atoms with Crippen molar-refractivity contribution in [1.29, 1.82) is 0 Å². The molecule has 0 saturated carbocycles. The molecule has 0 radical (unpaired) electrons. The number of hydrogen-bond donors (Lipinski definition) is 2. The van der Waals surface area contributed by atoms with Crippen LogP contribution >= 0.6 is 0 Å². The summed E-state index contributed by atoms with van der Waals surface area (Å²) in [6.45, 7) is 1.60. The molecule has 1 heterocycles. The van der Waals surface area contributed by atoms with Gasteiger partial charge in [0, 0.05) is 31.5 Å². The van der Waals surface area contributed by atoms with E-state index in [2.05, 4.69) is 0 Å². The summed E-state index contributed by atoms with van der Waals surface area (Å²) in [5.41, 5.74) is 1.12. The second-order valence-electron chi connectivity index (χ2n) is 4.36. The number of carboxylic acids is 1. The zero-order chi connectivity index (χ0) is 13.0. The van der Waals surface area contributed by atoms with Crippen LogP contribution in [0.2, 0.25) is 0 Å². The number of carbonyl (C=O) groups is 2. The van der Waals surface area contributed by atoms with E-state index in [1.54, 1.807) is 11.8 Å². The van der Waals surface area contributed by atoms with Gasteiger partial charge in [0.25, 0.3) is 0 Å². The number of hydrogen-bond acceptors (Lipinski definition) is 3. The number of carbonyl (C=O) groups excluding carboxylic acids is 1. The van der Waals surface area contributed by atoms with E-state index in [4.69, 9.17) is 5.11 Å². The number of aliphatic carboxylic acids is 1. The molecule has 17 heavy (non-hydrogen) atoms. The fourth-order valence-electron chi connectivity index (χ4n) is 2.06. The molecule has 0 bridgehead atoms. The van der Waals surface area contributed by atoms with Crippen molar-refractivity contribution in [1.82, 2.24) is 4.90 Å². The predicted molar refractivity (Wildman–Crippen MR) is 62.1 cm³/mol. The Labute approximate surface area is 101 Å². The molecule has 2 unspecified atom stereocenters. The molecule has 1 amide bonds. The molecule has 1 aliphatic heterocycles. The monoisotopic (exact) mass is 241 g/mol. The van der Waals surface area contributed by atoms with Crippen LogP contribution in [0.3, 0.4) is 0 Å². The number of rotatable bonds is 1. The fraction of sp³-hybridized carbons (Fsp3) is 0.667. The molecule has 1 fully saturated rings. The average molecular weight is 241 g/mol. The lowest BCUT2D eigenvalue weighted by molar-refractivity contribution is -0.136. The van der Waals surface area contributed by atoms with E-state index in [-0.39, 0.29) is 24.3 Å². The van der Waals surface area contributed by atoms with Crippen molar-refractivity contribution >= 4 is 11.9 Å². The number of nitrogens with zero attached hydrogens (tertiary/aromatic N) is 1. The van der Waals surface area contributed by atoms with Crippen molar-refractivity contribution in [3.63, 3.8) is 0 Å². The second kappa shape index (κ2) is 5.82. The van der Waals surface area contributed by atoms with E-state index >= 15 is 0 Å². The number of allylic oxidation sites excluding steroid dienone is 1. The Morgan fingerprint density at radius 2 is 2.18 bits per heavy atom. The lowest BCUT2D eigenvalue weighted by atomic mass is 9.90. The van der Waals surface area contributed by atoms with E-state index in [0.717, 1.165) is 12.1 Å². The van der Waals surface area contributed by atoms with Gasteiger partial charge in [0.05, 0.1) is 6.10 Å². The van der Waals surface area contributed by atoms with Gasteiger partial charge in [0.15, 0.2) is 0 Å². The number of amides is 1. The van der Waals surface area contributed by atoms with Gasteiger partial charge in [-0.1, -0.05) is 13.0 Å². The highest BCUT2D eigenvalue weighted by molar-refractivity contribution is 5.81.